The van der Waals surface area contributed by atoms with Gasteiger partial charge in [0.2, 0.25) is 0 Å². The Balaban J connectivity index is 2.10. The molecule has 1 heterocycles. The third-order valence-corrected chi connectivity index (χ3v) is 4.84. The van der Waals surface area contributed by atoms with Crippen LogP contribution in [0.5, 0.6) is 0 Å². The quantitative estimate of drug-likeness (QED) is 0.760. The Morgan fingerprint density at radius 1 is 1.29 bits per heavy atom. The summed E-state index contributed by atoms with van der Waals surface area (Å²) in [5, 5.41) is 3.62. The van der Waals surface area contributed by atoms with E-state index in [1.165, 1.54) is 37.1 Å². The second-order valence-electron chi connectivity index (χ2n) is 7.16. The van der Waals surface area contributed by atoms with E-state index in [1.807, 2.05) is 0 Å². The normalized spacial score (nSPS) is 21.0. The molecule has 21 heavy (non-hydrogen) atoms. The molecule has 2 rings (SSSR count). The zero-order valence-electron chi connectivity index (χ0n) is 14.3. The van der Waals surface area contributed by atoms with E-state index < -0.39 is 0 Å². The lowest BCUT2D eigenvalue weighted by Crippen LogP contribution is -2.45. The molecule has 0 aliphatic carbocycles. The highest BCUT2D eigenvalue weighted by atomic mass is 15.2. The maximum Gasteiger partial charge on any atom is 0.0399 e. The fraction of sp³-hybridized carbons (Fsp3) is 0.684. The summed E-state index contributed by atoms with van der Waals surface area (Å²) < 4.78 is 0. The maximum atomic E-state index is 3.62. The van der Waals surface area contributed by atoms with Crippen molar-refractivity contribution in [2.45, 2.75) is 47.0 Å². The van der Waals surface area contributed by atoms with Crippen molar-refractivity contribution in [3.05, 3.63) is 29.8 Å². The van der Waals surface area contributed by atoms with Crippen molar-refractivity contribution in [3.8, 4) is 0 Å². The molecule has 2 unspecified atom stereocenters. The van der Waals surface area contributed by atoms with Crippen LogP contribution in [-0.2, 0) is 6.42 Å². The molecule has 0 saturated heterocycles. The van der Waals surface area contributed by atoms with Crippen LogP contribution in [0.2, 0.25) is 0 Å². The minimum absolute atomic E-state index is 0.347. The van der Waals surface area contributed by atoms with Crippen LogP contribution in [0.3, 0.4) is 0 Å². The van der Waals surface area contributed by atoms with E-state index in [1.54, 1.807) is 0 Å². The number of hydrogen-bond donors (Lipinski definition) is 1. The minimum Gasteiger partial charge on any atom is -0.370 e. The van der Waals surface area contributed by atoms with Gasteiger partial charge >= 0.3 is 0 Å². The molecule has 0 aromatic heterocycles. The zero-order valence-corrected chi connectivity index (χ0v) is 14.3. The Hall–Kier alpha value is -1.02. The summed E-state index contributed by atoms with van der Waals surface area (Å²) in [6.07, 6.45) is 3.66. The predicted molar refractivity (Wildman–Crippen MR) is 93.1 cm³/mol. The van der Waals surface area contributed by atoms with Crippen molar-refractivity contribution in [2.24, 2.45) is 11.3 Å². The number of hydrogen-bond acceptors (Lipinski definition) is 2. The van der Waals surface area contributed by atoms with Crippen LogP contribution >= 0.6 is 0 Å². The molecule has 1 aromatic carbocycles. The Kier molecular flexibility index (Phi) is 5.69. The Bertz CT molecular complexity index is 443. The number of nitrogens with one attached hydrogen (secondary N) is 1. The van der Waals surface area contributed by atoms with Crippen molar-refractivity contribution in [2.75, 3.05) is 31.1 Å². The molecular formula is C19H32N2. The average molecular weight is 288 g/mol. The van der Waals surface area contributed by atoms with Gasteiger partial charge in [-0.25, -0.2) is 0 Å². The van der Waals surface area contributed by atoms with Gasteiger partial charge in [0.25, 0.3) is 0 Å². The molecule has 0 radical (unpaired) electrons. The standard InChI is InChI=1S/C19H32N2/c1-5-11-20-14-19(4,6-2)15-21-13-16(3)12-17-9-7-8-10-18(17)21/h7-10,16,20H,5-6,11-15H2,1-4H3. The number of nitrogens with zero attached hydrogens (tertiary/aromatic N) is 1. The summed E-state index contributed by atoms with van der Waals surface area (Å²) >= 11 is 0. The molecule has 1 aromatic rings. The average Bonchev–Trinajstić information content (AvgIpc) is 2.47. The van der Waals surface area contributed by atoms with Gasteiger partial charge in [0, 0.05) is 25.3 Å². The van der Waals surface area contributed by atoms with Crippen LogP contribution in [0, 0.1) is 11.3 Å². The van der Waals surface area contributed by atoms with Gasteiger partial charge < -0.3 is 10.2 Å². The number of benzene rings is 1. The van der Waals surface area contributed by atoms with Gasteiger partial charge in [-0.3, -0.25) is 0 Å². The molecule has 1 aliphatic heterocycles. The highest BCUT2D eigenvalue weighted by Crippen LogP contribution is 2.33. The van der Waals surface area contributed by atoms with Gasteiger partial charge in [0.15, 0.2) is 0 Å². The van der Waals surface area contributed by atoms with Crippen LogP contribution in [-0.4, -0.2) is 26.2 Å². The molecule has 2 nitrogen and oxygen atoms in total. The van der Waals surface area contributed by atoms with Gasteiger partial charge in [-0.1, -0.05) is 45.9 Å². The third kappa shape index (κ3) is 4.23. The summed E-state index contributed by atoms with van der Waals surface area (Å²) in [5.41, 5.74) is 3.33. The van der Waals surface area contributed by atoms with E-state index in [4.69, 9.17) is 0 Å². The SMILES string of the molecule is CCCNCC(C)(CC)CN1CC(C)Cc2ccccc21. The summed E-state index contributed by atoms with van der Waals surface area (Å²) in [5.74, 6) is 0.754. The van der Waals surface area contributed by atoms with E-state index in [2.05, 4.69) is 62.2 Å². The first-order valence-corrected chi connectivity index (χ1v) is 8.61. The van der Waals surface area contributed by atoms with E-state index >= 15 is 0 Å². The molecule has 1 aliphatic rings. The highest BCUT2D eigenvalue weighted by molar-refractivity contribution is 5.55. The first kappa shape index (κ1) is 16.4. The molecule has 0 bridgehead atoms. The maximum absolute atomic E-state index is 3.62. The molecule has 2 heteroatoms. The van der Waals surface area contributed by atoms with Crippen LogP contribution in [0.1, 0.15) is 46.1 Å². The van der Waals surface area contributed by atoms with E-state index in [9.17, 15) is 0 Å². The second kappa shape index (κ2) is 7.31. The van der Waals surface area contributed by atoms with Gasteiger partial charge in [0.1, 0.15) is 0 Å². The lowest BCUT2D eigenvalue weighted by Gasteiger charge is -2.41. The molecule has 2 atom stereocenters. The number of anilines is 1. The molecule has 0 fully saturated rings. The number of rotatable bonds is 7. The fourth-order valence-electron chi connectivity index (χ4n) is 3.38. The lowest BCUT2D eigenvalue weighted by atomic mass is 9.84. The highest BCUT2D eigenvalue weighted by Gasteiger charge is 2.29. The van der Waals surface area contributed by atoms with Crippen molar-refractivity contribution >= 4 is 5.69 Å². The summed E-state index contributed by atoms with van der Waals surface area (Å²) in [4.78, 5) is 2.63. The van der Waals surface area contributed by atoms with Crippen LogP contribution in [0.25, 0.3) is 0 Å². The number of para-hydroxylation sites is 1. The number of fused-ring (bicyclic) bond motifs is 1. The first-order valence-electron chi connectivity index (χ1n) is 8.61. The Morgan fingerprint density at radius 2 is 2.05 bits per heavy atom. The second-order valence-corrected chi connectivity index (χ2v) is 7.16. The van der Waals surface area contributed by atoms with Gasteiger partial charge in [-0.05, 0) is 48.8 Å². The van der Waals surface area contributed by atoms with E-state index in [0.717, 1.165) is 25.6 Å². The molecule has 0 amide bonds. The van der Waals surface area contributed by atoms with Crippen LogP contribution < -0.4 is 10.2 Å². The van der Waals surface area contributed by atoms with Crippen molar-refractivity contribution < 1.29 is 0 Å². The lowest BCUT2D eigenvalue weighted by molar-refractivity contribution is 0.289. The van der Waals surface area contributed by atoms with Gasteiger partial charge in [0.05, 0.1) is 0 Å². The van der Waals surface area contributed by atoms with Crippen molar-refractivity contribution in [1.29, 1.82) is 0 Å². The fourth-order valence-corrected chi connectivity index (χ4v) is 3.38. The van der Waals surface area contributed by atoms with Crippen LogP contribution in [0.15, 0.2) is 24.3 Å². The monoisotopic (exact) mass is 288 g/mol. The van der Waals surface area contributed by atoms with Crippen molar-refractivity contribution in [3.63, 3.8) is 0 Å². The minimum atomic E-state index is 0.347. The van der Waals surface area contributed by atoms with Crippen molar-refractivity contribution in [1.82, 2.24) is 5.32 Å². The Morgan fingerprint density at radius 3 is 2.76 bits per heavy atom. The van der Waals surface area contributed by atoms with E-state index in [0.29, 0.717) is 5.41 Å². The molecule has 1 N–H and O–H groups in total. The largest absolute Gasteiger partial charge is 0.370 e. The summed E-state index contributed by atoms with van der Waals surface area (Å²) in [6.45, 7) is 14.0. The molecule has 118 valence electrons. The molecule has 0 spiro atoms. The predicted octanol–water partition coefficient (Wildman–Crippen LogP) is 4.10. The van der Waals surface area contributed by atoms with E-state index in [-0.39, 0.29) is 0 Å². The zero-order chi connectivity index (χ0) is 15.3. The summed E-state index contributed by atoms with van der Waals surface area (Å²) in [6, 6.07) is 8.96. The third-order valence-electron chi connectivity index (χ3n) is 4.84. The summed E-state index contributed by atoms with van der Waals surface area (Å²) in [7, 11) is 0. The van der Waals surface area contributed by atoms with Gasteiger partial charge in [-0.15, -0.1) is 0 Å². The Labute approximate surface area is 130 Å². The first-order chi connectivity index (χ1) is 10.1. The topological polar surface area (TPSA) is 15.3 Å². The van der Waals surface area contributed by atoms with Crippen LogP contribution in [0.4, 0.5) is 5.69 Å². The van der Waals surface area contributed by atoms with Gasteiger partial charge in [-0.2, -0.15) is 0 Å². The molecule has 0 saturated carbocycles. The molecular weight excluding hydrogens is 256 g/mol. The smallest absolute Gasteiger partial charge is 0.0399 e.